The zero-order valence-electron chi connectivity index (χ0n) is 8.32. The molecule has 0 aliphatic carbocycles. The van der Waals surface area contributed by atoms with Crippen molar-refractivity contribution in [2.75, 3.05) is 12.8 Å². The Kier molecular flexibility index (Phi) is 3.61. The molecule has 0 aromatic heterocycles. The summed E-state index contributed by atoms with van der Waals surface area (Å²) < 4.78 is 0. The molecule has 0 N–H and O–H groups in total. The van der Waals surface area contributed by atoms with Gasteiger partial charge in [-0.05, 0) is 25.5 Å². The van der Waals surface area contributed by atoms with Crippen molar-refractivity contribution < 1.29 is 0 Å². The van der Waals surface area contributed by atoms with Gasteiger partial charge >= 0.3 is 0 Å². The molecular weight excluding hydrogens is 182 g/mol. The van der Waals surface area contributed by atoms with E-state index in [0.29, 0.717) is 12.0 Å². The van der Waals surface area contributed by atoms with Crippen LogP contribution in [0.2, 0.25) is 0 Å². The Labute approximate surface area is 83.8 Å². The van der Waals surface area contributed by atoms with Crippen molar-refractivity contribution in [2.24, 2.45) is 10.9 Å². The first-order chi connectivity index (χ1) is 6.19. The topological polar surface area (TPSA) is 39.4 Å². The molecule has 2 atom stereocenters. The lowest BCUT2D eigenvalue weighted by Gasteiger charge is -2.22. The average molecular weight is 197 g/mol. The molecule has 0 aromatic rings. The summed E-state index contributed by atoms with van der Waals surface area (Å²) in [4.78, 5) is 6.04. The normalized spacial score (nSPS) is 29.1. The van der Waals surface area contributed by atoms with Crippen LogP contribution in [0.5, 0.6) is 0 Å². The SMILES string of the molecule is CSC(=NC#N)N1CC(C)CC1C. The molecule has 1 saturated heterocycles. The summed E-state index contributed by atoms with van der Waals surface area (Å²) in [5.41, 5.74) is 0. The van der Waals surface area contributed by atoms with Crippen LogP contribution in [0.25, 0.3) is 0 Å². The smallest absolute Gasteiger partial charge is 0.208 e. The van der Waals surface area contributed by atoms with Gasteiger partial charge in [-0.25, -0.2) is 0 Å². The molecule has 1 heterocycles. The Balaban J connectivity index is 2.71. The summed E-state index contributed by atoms with van der Waals surface area (Å²) in [6, 6.07) is 0.523. The number of hydrogen-bond acceptors (Lipinski definition) is 3. The van der Waals surface area contributed by atoms with E-state index in [0.717, 1.165) is 11.7 Å². The molecule has 0 bridgehead atoms. The number of hydrogen-bond donors (Lipinski definition) is 0. The minimum absolute atomic E-state index is 0.523. The van der Waals surface area contributed by atoms with E-state index in [1.165, 1.54) is 6.42 Å². The number of nitrogens with zero attached hydrogens (tertiary/aromatic N) is 3. The minimum Gasteiger partial charge on any atom is -0.348 e. The fourth-order valence-electron chi connectivity index (χ4n) is 1.84. The van der Waals surface area contributed by atoms with Gasteiger partial charge in [0.2, 0.25) is 6.19 Å². The molecule has 3 nitrogen and oxygen atoms in total. The first-order valence-corrected chi connectivity index (χ1v) is 5.69. The minimum atomic E-state index is 0.523. The number of rotatable bonds is 0. The van der Waals surface area contributed by atoms with E-state index < -0.39 is 0 Å². The summed E-state index contributed by atoms with van der Waals surface area (Å²) in [6.07, 6.45) is 5.02. The fourth-order valence-corrected chi connectivity index (χ4v) is 2.46. The van der Waals surface area contributed by atoms with Gasteiger partial charge in [0.1, 0.15) is 0 Å². The molecule has 0 radical (unpaired) electrons. The van der Waals surface area contributed by atoms with Crippen molar-refractivity contribution in [1.29, 1.82) is 5.26 Å². The second kappa shape index (κ2) is 4.52. The Morgan fingerprint density at radius 1 is 1.62 bits per heavy atom. The van der Waals surface area contributed by atoms with Crippen LogP contribution in [-0.2, 0) is 0 Å². The van der Waals surface area contributed by atoms with Gasteiger partial charge in [-0.2, -0.15) is 5.26 Å². The van der Waals surface area contributed by atoms with Crippen molar-refractivity contribution >= 4 is 16.9 Å². The lowest BCUT2D eigenvalue weighted by molar-refractivity contribution is 0.419. The van der Waals surface area contributed by atoms with Gasteiger partial charge in [-0.3, -0.25) is 0 Å². The lowest BCUT2D eigenvalue weighted by atomic mass is 10.1. The van der Waals surface area contributed by atoms with E-state index >= 15 is 0 Å². The third-order valence-electron chi connectivity index (χ3n) is 2.36. The van der Waals surface area contributed by atoms with Gasteiger partial charge in [-0.15, -0.1) is 4.99 Å². The molecule has 0 amide bonds. The summed E-state index contributed by atoms with van der Waals surface area (Å²) in [7, 11) is 0. The van der Waals surface area contributed by atoms with Crippen LogP contribution in [0.15, 0.2) is 4.99 Å². The van der Waals surface area contributed by atoms with Gasteiger partial charge in [0.05, 0.1) is 0 Å². The third-order valence-corrected chi connectivity index (χ3v) is 3.05. The fraction of sp³-hybridized carbons (Fsp3) is 0.778. The predicted molar refractivity (Wildman–Crippen MR) is 56.5 cm³/mol. The van der Waals surface area contributed by atoms with Gasteiger partial charge in [-0.1, -0.05) is 18.7 Å². The van der Waals surface area contributed by atoms with E-state index in [9.17, 15) is 0 Å². The Morgan fingerprint density at radius 3 is 2.69 bits per heavy atom. The third kappa shape index (κ3) is 2.38. The molecule has 0 saturated carbocycles. The van der Waals surface area contributed by atoms with Crippen LogP contribution in [-0.4, -0.2) is 28.9 Å². The highest BCUT2D eigenvalue weighted by Crippen LogP contribution is 2.25. The standard InChI is InChI=1S/C9H15N3S/c1-7-4-8(2)12(5-7)9(13-3)11-6-10/h7-8H,4-5H2,1-3H3. The van der Waals surface area contributed by atoms with Crippen molar-refractivity contribution in [1.82, 2.24) is 4.90 Å². The molecule has 72 valence electrons. The maximum atomic E-state index is 8.50. The van der Waals surface area contributed by atoms with E-state index in [2.05, 4.69) is 23.7 Å². The zero-order chi connectivity index (χ0) is 9.84. The highest BCUT2D eigenvalue weighted by atomic mass is 32.2. The number of aliphatic imine (C=N–C) groups is 1. The van der Waals surface area contributed by atoms with Crippen molar-refractivity contribution in [3.05, 3.63) is 0 Å². The van der Waals surface area contributed by atoms with Crippen molar-refractivity contribution in [2.45, 2.75) is 26.3 Å². The van der Waals surface area contributed by atoms with E-state index in [1.54, 1.807) is 11.8 Å². The van der Waals surface area contributed by atoms with Crippen LogP contribution in [0.4, 0.5) is 0 Å². The second-order valence-corrected chi connectivity index (χ2v) is 4.31. The van der Waals surface area contributed by atoms with Crippen molar-refractivity contribution in [3.63, 3.8) is 0 Å². The highest BCUT2D eigenvalue weighted by Gasteiger charge is 2.28. The average Bonchev–Trinajstić information content (AvgIpc) is 2.41. The van der Waals surface area contributed by atoms with E-state index in [1.807, 2.05) is 12.4 Å². The van der Waals surface area contributed by atoms with Crippen LogP contribution in [0.1, 0.15) is 20.3 Å². The molecule has 1 rings (SSSR count). The zero-order valence-corrected chi connectivity index (χ0v) is 9.14. The van der Waals surface area contributed by atoms with Gasteiger partial charge in [0.15, 0.2) is 5.17 Å². The van der Waals surface area contributed by atoms with Crippen LogP contribution < -0.4 is 0 Å². The number of thioether (sulfide) groups is 1. The molecule has 0 aromatic carbocycles. The summed E-state index contributed by atoms with van der Waals surface area (Å²) in [6.45, 7) is 5.45. The monoisotopic (exact) mass is 197 g/mol. The van der Waals surface area contributed by atoms with E-state index in [-0.39, 0.29) is 0 Å². The number of likely N-dealkylation sites (tertiary alicyclic amines) is 1. The number of nitriles is 1. The quantitative estimate of drug-likeness (QED) is 0.338. The summed E-state index contributed by atoms with van der Waals surface area (Å²) >= 11 is 1.55. The number of amidine groups is 1. The lowest BCUT2D eigenvalue weighted by Crippen LogP contribution is -2.31. The predicted octanol–water partition coefficient (Wildman–Crippen LogP) is 1.92. The van der Waals surface area contributed by atoms with Gasteiger partial charge in [0, 0.05) is 12.6 Å². The molecule has 1 fully saturated rings. The van der Waals surface area contributed by atoms with Crippen molar-refractivity contribution in [3.8, 4) is 6.19 Å². The molecular formula is C9H15N3S. The van der Waals surface area contributed by atoms with Crippen LogP contribution in [0.3, 0.4) is 0 Å². The summed E-state index contributed by atoms with van der Waals surface area (Å²) in [5.74, 6) is 0.714. The molecule has 4 heteroatoms. The first-order valence-electron chi connectivity index (χ1n) is 4.46. The highest BCUT2D eigenvalue weighted by molar-refractivity contribution is 8.13. The van der Waals surface area contributed by atoms with E-state index in [4.69, 9.17) is 5.26 Å². The molecule has 13 heavy (non-hydrogen) atoms. The Morgan fingerprint density at radius 2 is 2.31 bits per heavy atom. The molecule has 1 aliphatic heterocycles. The maximum absolute atomic E-state index is 8.50. The Hall–Kier alpha value is -0.690. The Bertz CT molecular complexity index is 244. The molecule has 0 spiro atoms. The van der Waals surface area contributed by atoms with Gasteiger partial charge in [0.25, 0.3) is 0 Å². The van der Waals surface area contributed by atoms with Gasteiger partial charge < -0.3 is 4.90 Å². The second-order valence-electron chi connectivity index (χ2n) is 3.54. The van der Waals surface area contributed by atoms with Crippen LogP contribution >= 0.6 is 11.8 Å². The largest absolute Gasteiger partial charge is 0.348 e. The summed E-state index contributed by atoms with van der Waals surface area (Å²) in [5, 5.41) is 9.36. The maximum Gasteiger partial charge on any atom is 0.208 e. The molecule has 1 aliphatic rings. The molecule has 2 unspecified atom stereocenters. The first kappa shape index (κ1) is 10.4. The van der Waals surface area contributed by atoms with Crippen LogP contribution in [0, 0.1) is 17.4 Å².